The molecule has 7 N–H and O–H groups in total. The number of methoxy groups -OCH3 is 3. The number of ether oxygens (including phenoxy) is 4. The maximum Gasteiger partial charge on any atom is 0.410 e. The summed E-state index contributed by atoms with van der Waals surface area (Å²) >= 11 is 0. The predicted octanol–water partition coefficient (Wildman–Crippen LogP) is 3.54. The first-order valence-electron chi connectivity index (χ1n) is 27.2. The van der Waals surface area contributed by atoms with Gasteiger partial charge in [0.05, 0.1) is 49.8 Å². The van der Waals surface area contributed by atoms with Crippen molar-refractivity contribution in [3.63, 3.8) is 0 Å². The number of amides is 8. The molecule has 12 atom stereocenters. The minimum absolute atomic E-state index is 0.0979. The average molecular weight is 1110 g/mol. The van der Waals surface area contributed by atoms with E-state index in [-0.39, 0.29) is 31.3 Å². The molecule has 0 radical (unpaired) electrons. The maximum atomic E-state index is 14.7. The highest BCUT2D eigenvalue weighted by atomic mass is 16.6. The summed E-state index contributed by atoms with van der Waals surface area (Å²) in [7, 11) is 7.33. The van der Waals surface area contributed by atoms with Gasteiger partial charge in [-0.05, 0) is 74.6 Å². The van der Waals surface area contributed by atoms with Gasteiger partial charge in [-0.15, -0.1) is 0 Å². The summed E-state index contributed by atoms with van der Waals surface area (Å²) in [6, 6.07) is 8.95. The van der Waals surface area contributed by atoms with Gasteiger partial charge in [0, 0.05) is 47.0 Å². The van der Waals surface area contributed by atoms with Crippen LogP contribution < -0.4 is 32.3 Å². The summed E-state index contributed by atoms with van der Waals surface area (Å²) in [6.45, 7) is 17.5. The highest BCUT2D eigenvalue weighted by Crippen LogP contribution is 2.30. The average Bonchev–Trinajstić information content (AvgIpc) is 3.92. The molecule has 0 aliphatic carbocycles. The lowest BCUT2D eigenvalue weighted by Gasteiger charge is -2.41. The number of nitrogens with zero attached hydrogens (tertiary/aromatic N) is 3. The van der Waals surface area contributed by atoms with E-state index in [1.165, 1.54) is 54.0 Å². The third kappa shape index (κ3) is 19.0. The Balaban J connectivity index is 1.69. The van der Waals surface area contributed by atoms with Crippen LogP contribution in [0.4, 0.5) is 10.5 Å². The Morgan fingerprint density at radius 1 is 0.696 bits per heavy atom. The zero-order chi connectivity index (χ0) is 59.4. The first-order chi connectivity index (χ1) is 37.2. The van der Waals surface area contributed by atoms with Crippen molar-refractivity contribution in [2.24, 2.45) is 29.4 Å². The zero-order valence-corrected chi connectivity index (χ0v) is 49.0. The van der Waals surface area contributed by atoms with Crippen molar-refractivity contribution < 1.29 is 62.1 Å². The van der Waals surface area contributed by atoms with Crippen molar-refractivity contribution in [1.82, 2.24) is 36.0 Å². The second-order valence-electron chi connectivity index (χ2n) is 21.4. The maximum absolute atomic E-state index is 14.7. The van der Waals surface area contributed by atoms with Gasteiger partial charge in [0.25, 0.3) is 0 Å². The van der Waals surface area contributed by atoms with Gasteiger partial charge in [-0.2, -0.15) is 0 Å². The van der Waals surface area contributed by atoms with E-state index >= 15 is 0 Å². The number of rotatable bonds is 29. The number of hydrogen-bond donors (Lipinski definition) is 6. The summed E-state index contributed by atoms with van der Waals surface area (Å²) < 4.78 is 22.7. The number of likely N-dealkylation sites (N-methyl/N-ethyl adjacent to an activating group) is 2. The van der Waals surface area contributed by atoms with E-state index < -0.39 is 126 Å². The molecule has 0 spiro atoms. The lowest BCUT2D eigenvalue weighted by molar-refractivity contribution is -0.149. The summed E-state index contributed by atoms with van der Waals surface area (Å²) in [6.07, 6.45) is -0.307. The van der Waals surface area contributed by atoms with Crippen molar-refractivity contribution in [2.75, 3.05) is 47.3 Å². The van der Waals surface area contributed by atoms with Crippen LogP contribution >= 0.6 is 0 Å². The normalized spacial score (nSPS) is 17.5. The monoisotopic (exact) mass is 1110 g/mol. The number of nitrogens with two attached hydrogens (primary N) is 1. The van der Waals surface area contributed by atoms with Gasteiger partial charge in [0.15, 0.2) is 0 Å². The molecule has 0 aromatic heterocycles. The van der Waals surface area contributed by atoms with Crippen LogP contribution in [0.25, 0.3) is 0 Å². The highest BCUT2D eigenvalue weighted by Gasteiger charge is 2.44. The fraction of sp³-hybridized carbons (Fsp3) is 0.632. The quantitative estimate of drug-likeness (QED) is 0.0636. The van der Waals surface area contributed by atoms with Crippen molar-refractivity contribution in [3.8, 4) is 0 Å². The number of carbonyl (C=O) groups is 9. The summed E-state index contributed by atoms with van der Waals surface area (Å²) in [5.41, 5.74) is 7.37. The first kappa shape index (κ1) is 66.6. The third-order valence-corrected chi connectivity index (χ3v) is 14.7. The SMILES string of the molecule is CC[C@H](C)[C@@H]([C@@H](CC(=O)N1CCC[C@H]1[C@H](OC)[C@@H](C)C(=O)N[C@@H](Cc1ccccc1)C(=O)OC)OC)N(C)C(=O)[C@@H](NC(=O)[C@H](C(C)C)N(C)C(=O)OCc1ccc(NC(=O)C(C)NC(=O)C(C)NC(=O)C(C)N)cc1)C(C)C. The van der Waals surface area contributed by atoms with Gasteiger partial charge in [0.1, 0.15) is 36.8 Å². The molecule has 2 aromatic carbocycles. The Bertz CT molecular complexity index is 2350. The van der Waals surface area contributed by atoms with E-state index in [4.69, 9.17) is 24.7 Å². The number of carbonyl (C=O) groups excluding carboxylic acids is 9. The van der Waals surface area contributed by atoms with Crippen LogP contribution in [0.2, 0.25) is 0 Å². The molecule has 440 valence electrons. The van der Waals surface area contributed by atoms with Crippen LogP contribution in [0.3, 0.4) is 0 Å². The molecule has 3 unspecified atom stereocenters. The van der Waals surface area contributed by atoms with Crippen LogP contribution in [0.15, 0.2) is 54.6 Å². The number of nitrogens with one attached hydrogen (secondary N) is 5. The van der Waals surface area contributed by atoms with E-state index in [0.717, 1.165) is 5.56 Å². The molecule has 0 bridgehead atoms. The fourth-order valence-corrected chi connectivity index (χ4v) is 9.80. The van der Waals surface area contributed by atoms with Crippen molar-refractivity contribution in [3.05, 3.63) is 65.7 Å². The number of hydrogen-bond acceptors (Lipinski definition) is 14. The van der Waals surface area contributed by atoms with E-state index in [1.54, 1.807) is 75.7 Å². The van der Waals surface area contributed by atoms with Gasteiger partial charge >= 0.3 is 12.1 Å². The van der Waals surface area contributed by atoms with Crippen LogP contribution in [0.1, 0.15) is 106 Å². The van der Waals surface area contributed by atoms with Crippen LogP contribution in [-0.2, 0) is 70.3 Å². The number of anilines is 1. The summed E-state index contributed by atoms with van der Waals surface area (Å²) in [5, 5.41) is 13.5. The number of esters is 1. The molecule has 1 saturated heterocycles. The van der Waals surface area contributed by atoms with E-state index in [2.05, 4.69) is 26.6 Å². The fourth-order valence-electron chi connectivity index (χ4n) is 9.80. The second-order valence-corrected chi connectivity index (χ2v) is 21.4. The van der Waals surface area contributed by atoms with Crippen molar-refractivity contribution in [1.29, 1.82) is 0 Å². The Morgan fingerprint density at radius 3 is 1.85 bits per heavy atom. The predicted molar refractivity (Wildman–Crippen MR) is 297 cm³/mol. The minimum atomic E-state index is -1.05. The minimum Gasteiger partial charge on any atom is -0.467 e. The molecule has 3 rings (SSSR count). The first-order valence-corrected chi connectivity index (χ1v) is 27.2. The van der Waals surface area contributed by atoms with E-state index in [0.29, 0.717) is 37.1 Å². The largest absolute Gasteiger partial charge is 0.467 e. The molecule has 8 amide bonds. The molecule has 79 heavy (non-hydrogen) atoms. The highest BCUT2D eigenvalue weighted by molar-refractivity contribution is 5.98. The second kappa shape index (κ2) is 31.8. The van der Waals surface area contributed by atoms with Crippen LogP contribution in [0, 0.1) is 23.7 Å². The molecule has 0 saturated carbocycles. The van der Waals surface area contributed by atoms with Crippen LogP contribution in [-0.4, -0.2) is 171 Å². The van der Waals surface area contributed by atoms with E-state index in [9.17, 15) is 43.2 Å². The number of likely N-dealkylation sites (tertiary alicyclic amines) is 1. The van der Waals surface area contributed by atoms with Gasteiger partial charge in [-0.25, -0.2) is 9.59 Å². The molecule has 1 aliphatic rings. The Labute approximate surface area is 466 Å². The molecule has 22 nitrogen and oxygen atoms in total. The van der Waals surface area contributed by atoms with Gasteiger partial charge in [-0.3, -0.25) is 38.5 Å². The smallest absolute Gasteiger partial charge is 0.410 e. The lowest BCUT2D eigenvalue weighted by atomic mass is 9.89. The third-order valence-electron chi connectivity index (χ3n) is 14.7. The molecule has 22 heteroatoms. The Hall–Kier alpha value is -6.65. The topological polar surface area (TPSA) is 286 Å². The lowest BCUT2D eigenvalue weighted by Crippen LogP contribution is -2.60. The van der Waals surface area contributed by atoms with Crippen LogP contribution in [0.5, 0.6) is 0 Å². The molecule has 1 fully saturated rings. The molecule has 1 heterocycles. The molecule has 1 aliphatic heterocycles. The van der Waals surface area contributed by atoms with Gasteiger partial charge in [0.2, 0.25) is 41.4 Å². The molecule has 2 aromatic rings. The van der Waals surface area contributed by atoms with Crippen molar-refractivity contribution in [2.45, 2.75) is 168 Å². The standard InChI is InChI=1S/C57H89N9O13/c1-16-34(6)48(44(76-13)30-45(67)66-28-20-23-43(66)49(77-14)35(7)50(68)62-42(56(74)78-15)29-39-21-18-17-19-22-39)64(11)55(73)46(32(2)3)63-54(72)47(33(4)5)65(12)57(75)79-31-40-24-26-41(27-25-40)61-53(71)38(10)60-52(70)37(9)59-51(69)36(8)58/h17-19,21-22,24-27,32-38,42-44,46-49H,16,20,23,28-31,58H2,1-15H3,(H,59,69)(H,60,70)(H,61,71)(H,62,68)(H,63,72)/t34-,35+,36?,37?,38?,42-,43-,44+,46-,47-,48-,49+/m0/s1. The summed E-state index contributed by atoms with van der Waals surface area (Å²) in [4.78, 5) is 125. The number of benzene rings is 2. The van der Waals surface area contributed by atoms with Gasteiger partial charge in [-0.1, -0.05) is 97.4 Å². The Kier molecular flexibility index (Phi) is 26.8. The van der Waals surface area contributed by atoms with Gasteiger partial charge < -0.3 is 61.1 Å². The zero-order valence-electron chi connectivity index (χ0n) is 49.0. The van der Waals surface area contributed by atoms with E-state index in [1.807, 2.05) is 44.2 Å². The summed E-state index contributed by atoms with van der Waals surface area (Å²) in [5.74, 6) is -5.59. The Morgan fingerprint density at radius 2 is 1.30 bits per heavy atom. The molecular weight excluding hydrogens is 1020 g/mol. The molecular formula is C57H89N9O13. The van der Waals surface area contributed by atoms with Crippen molar-refractivity contribution >= 4 is 59.1 Å².